The zero-order valence-electron chi connectivity index (χ0n) is 8.43. The van der Waals surface area contributed by atoms with Gasteiger partial charge in [0.25, 0.3) is 0 Å². The molecule has 0 unspecified atom stereocenters. The van der Waals surface area contributed by atoms with Crippen molar-refractivity contribution >= 4 is 11.8 Å². The Morgan fingerprint density at radius 1 is 1.29 bits per heavy atom. The third-order valence-corrected chi connectivity index (χ3v) is 2.04. The Kier molecular flexibility index (Phi) is 4.39. The molecular weight excluding hydrogens is 182 g/mol. The van der Waals surface area contributed by atoms with Crippen LogP contribution >= 0.6 is 0 Å². The van der Waals surface area contributed by atoms with Gasteiger partial charge >= 0.3 is 0 Å². The van der Waals surface area contributed by atoms with Gasteiger partial charge in [-0.05, 0) is 12.8 Å². The molecule has 0 aromatic heterocycles. The van der Waals surface area contributed by atoms with E-state index in [0.717, 1.165) is 12.8 Å². The Balaban J connectivity index is 1.91. The van der Waals surface area contributed by atoms with Gasteiger partial charge in [-0.25, -0.2) is 0 Å². The van der Waals surface area contributed by atoms with Crippen LogP contribution in [0.15, 0.2) is 0 Å². The lowest BCUT2D eigenvalue weighted by molar-refractivity contribution is -0.122. The predicted octanol–water partition coefficient (Wildman–Crippen LogP) is -1.01. The fourth-order valence-electron chi connectivity index (χ4n) is 1.02. The average Bonchev–Trinajstić information content (AvgIpc) is 2.95. The highest BCUT2D eigenvalue weighted by molar-refractivity contribution is 5.78. The number of carbonyl (C=O) groups is 2. The fourth-order valence-corrected chi connectivity index (χ4v) is 1.02. The number of rotatable bonds is 6. The van der Waals surface area contributed by atoms with Crippen molar-refractivity contribution < 1.29 is 9.59 Å². The zero-order chi connectivity index (χ0) is 10.4. The standard InChI is InChI=1S/C9H17N3O2/c1-10-9(14)6-11-5-4-8(13)12-7-2-3-7/h7,11H,2-6H2,1H3,(H,10,14)(H,12,13). The van der Waals surface area contributed by atoms with Gasteiger partial charge in [0.2, 0.25) is 11.8 Å². The summed E-state index contributed by atoms with van der Waals surface area (Å²) in [6, 6.07) is 0.418. The van der Waals surface area contributed by atoms with Crippen LogP contribution in [-0.4, -0.2) is 38.0 Å². The van der Waals surface area contributed by atoms with Crippen molar-refractivity contribution in [3.8, 4) is 0 Å². The van der Waals surface area contributed by atoms with Gasteiger partial charge < -0.3 is 16.0 Å². The van der Waals surface area contributed by atoms with Crippen molar-refractivity contribution in [3.63, 3.8) is 0 Å². The largest absolute Gasteiger partial charge is 0.358 e. The molecule has 0 saturated heterocycles. The molecule has 3 N–H and O–H groups in total. The number of likely N-dealkylation sites (N-methyl/N-ethyl adjacent to an activating group) is 1. The minimum atomic E-state index is -0.0624. The van der Waals surface area contributed by atoms with Crippen molar-refractivity contribution in [3.05, 3.63) is 0 Å². The lowest BCUT2D eigenvalue weighted by Crippen LogP contribution is -2.34. The maximum absolute atomic E-state index is 11.2. The van der Waals surface area contributed by atoms with Crippen LogP contribution in [0, 0.1) is 0 Å². The molecule has 0 aromatic rings. The SMILES string of the molecule is CNC(=O)CNCCC(=O)NC1CC1. The molecule has 1 rings (SSSR count). The molecule has 0 spiro atoms. The summed E-state index contributed by atoms with van der Waals surface area (Å²) in [6.07, 6.45) is 2.66. The number of carbonyl (C=O) groups excluding carboxylic acids is 2. The molecular formula is C9H17N3O2. The van der Waals surface area contributed by atoms with Gasteiger partial charge in [0.15, 0.2) is 0 Å². The lowest BCUT2D eigenvalue weighted by Gasteiger charge is -2.04. The van der Waals surface area contributed by atoms with Crippen LogP contribution < -0.4 is 16.0 Å². The van der Waals surface area contributed by atoms with Crippen molar-refractivity contribution in [2.45, 2.75) is 25.3 Å². The van der Waals surface area contributed by atoms with E-state index in [2.05, 4.69) is 16.0 Å². The van der Waals surface area contributed by atoms with Crippen molar-refractivity contribution in [2.75, 3.05) is 20.1 Å². The molecule has 0 heterocycles. The first-order valence-corrected chi connectivity index (χ1v) is 4.93. The van der Waals surface area contributed by atoms with E-state index in [-0.39, 0.29) is 18.4 Å². The van der Waals surface area contributed by atoms with Gasteiger partial charge in [0.1, 0.15) is 0 Å². The molecule has 0 radical (unpaired) electrons. The van der Waals surface area contributed by atoms with E-state index in [1.165, 1.54) is 0 Å². The number of hydrogen-bond donors (Lipinski definition) is 3. The summed E-state index contributed by atoms with van der Waals surface area (Å²) in [7, 11) is 1.59. The average molecular weight is 199 g/mol. The third kappa shape index (κ3) is 4.81. The zero-order valence-corrected chi connectivity index (χ0v) is 8.43. The first kappa shape index (κ1) is 11.0. The third-order valence-electron chi connectivity index (χ3n) is 2.04. The van der Waals surface area contributed by atoms with E-state index in [1.807, 2.05) is 0 Å². The highest BCUT2D eigenvalue weighted by Gasteiger charge is 2.22. The minimum Gasteiger partial charge on any atom is -0.358 e. The molecule has 5 nitrogen and oxygen atoms in total. The first-order valence-electron chi connectivity index (χ1n) is 4.93. The molecule has 1 aliphatic rings. The van der Waals surface area contributed by atoms with Gasteiger partial charge in [0, 0.05) is 26.1 Å². The molecule has 0 atom stereocenters. The van der Waals surface area contributed by atoms with Gasteiger partial charge in [-0.2, -0.15) is 0 Å². The molecule has 1 saturated carbocycles. The Labute approximate surface area is 83.6 Å². The normalized spacial score (nSPS) is 14.9. The summed E-state index contributed by atoms with van der Waals surface area (Å²) in [5, 5.41) is 8.26. The molecule has 14 heavy (non-hydrogen) atoms. The molecule has 1 fully saturated rings. The lowest BCUT2D eigenvalue weighted by atomic mass is 10.4. The van der Waals surface area contributed by atoms with Crippen LogP contribution in [0.3, 0.4) is 0 Å². The van der Waals surface area contributed by atoms with Crippen LogP contribution in [-0.2, 0) is 9.59 Å². The topological polar surface area (TPSA) is 70.2 Å². The van der Waals surface area contributed by atoms with Crippen LogP contribution in [0.4, 0.5) is 0 Å². The Morgan fingerprint density at radius 2 is 2.00 bits per heavy atom. The Bertz CT molecular complexity index is 214. The summed E-state index contributed by atoms with van der Waals surface area (Å²) in [5.74, 6) is 0.00417. The number of nitrogens with one attached hydrogen (secondary N) is 3. The molecule has 0 aliphatic heterocycles. The molecule has 80 valence electrons. The Morgan fingerprint density at radius 3 is 2.57 bits per heavy atom. The fraction of sp³-hybridized carbons (Fsp3) is 0.778. The maximum atomic E-state index is 11.2. The molecule has 0 bridgehead atoms. The summed E-state index contributed by atoms with van der Waals surface area (Å²) < 4.78 is 0. The highest BCUT2D eigenvalue weighted by Crippen LogP contribution is 2.18. The minimum absolute atomic E-state index is 0.0624. The van der Waals surface area contributed by atoms with Gasteiger partial charge in [-0.15, -0.1) is 0 Å². The summed E-state index contributed by atoms with van der Waals surface area (Å²) >= 11 is 0. The molecule has 0 aromatic carbocycles. The van der Waals surface area contributed by atoms with Crippen LogP contribution in [0.25, 0.3) is 0 Å². The maximum Gasteiger partial charge on any atom is 0.233 e. The second kappa shape index (κ2) is 5.59. The second-order valence-corrected chi connectivity index (χ2v) is 3.44. The van der Waals surface area contributed by atoms with Crippen LogP contribution in [0.2, 0.25) is 0 Å². The van der Waals surface area contributed by atoms with E-state index >= 15 is 0 Å². The van der Waals surface area contributed by atoms with Crippen molar-refractivity contribution in [2.24, 2.45) is 0 Å². The van der Waals surface area contributed by atoms with E-state index < -0.39 is 0 Å². The van der Waals surface area contributed by atoms with E-state index in [0.29, 0.717) is 19.0 Å². The summed E-state index contributed by atoms with van der Waals surface area (Å²) in [6.45, 7) is 0.819. The van der Waals surface area contributed by atoms with Gasteiger partial charge in [0.05, 0.1) is 6.54 Å². The quantitative estimate of drug-likeness (QED) is 0.480. The first-order chi connectivity index (χ1) is 6.72. The number of hydrogen-bond acceptors (Lipinski definition) is 3. The smallest absolute Gasteiger partial charge is 0.233 e. The van der Waals surface area contributed by atoms with Crippen molar-refractivity contribution in [1.82, 2.24) is 16.0 Å². The summed E-state index contributed by atoms with van der Waals surface area (Å²) in [5.41, 5.74) is 0. The molecule has 2 amide bonds. The monoisotopic (exact) mass is 199 g/mol. The van der Waals surface area contributed by atoms with Crippen LogP contribution in [0.1, 0.15) is 19.3 Å². The van der Waals surface area contributed by atoms with E-state index in [1.54, 1.807) is 7.05 Å². The highest BCUT2D eigenvalue weighted by atomic mass is 16.2. The van der Waals surface area contributed by atoms with Crippen molar-refractivity contribution in [1.29, 1.82) is 0 Å². The second-order valence-electron chi connectivity index (χ2n) is 3.44. The summed E-state index contributed by atoms with van der Waals surface area (Å²) in [4.78, 5) is 21.9. The predicted molar refractivity (Wildman–Crippen MR) is 52.7 cm³/mol. The van der Waals surface area contributed by atoms with Gasteiger partial charge in [-0.3, -0.25) is 9.59 Å². The molecule has 5 heteroatoms. The van der Waals surface area contributed by atoms with Crippen LogP contribution in [0.5, 0.6) is 0 Å². The number of amides is 2. The Hall–Kier alpha value is -1.10. The van der Waals surface area contributed by atoms with E-state index in [9.17, 15) is 9.59 Å². The van der Waals surface area contributed by atoms with E-state index in [4.69, 9.17) is 0 Å². The molecule has 1 aliphatic carbocycles. The van der Waals surface area contributed by atoms with Gasteiger partial charge in [-0.1, -0.05) is 0 Å².